The number of hydrogen-bond acceptors (Lipinski definition) is 13. The molecule has 0 atom stereocenters. The first-order valence-electron chi connectivity index (χ1n) is 17.6. The summed E-state index contributed by atoms with van der Waals surface area (Å²) in [6, 6.07) is 29.8. The van der Waals surface area contributed by atoms with Crippen molar-refractivity contribution in [2.45, 2.75) is 26.2 Å². The van der Waals surface area contributed by atoms with Gasteiger partial charge in [-0.1, -0.05) is 48.5 Å². The second kappa shape index (κ2) is 24.0. The average Bonchev–Trinajstić information content (AvgIpc) is 3.23. The van der Waals surface area contributed by atoms with Crippen LogP contribution in [0.3, 0.4) is 0 Å². The van der Waals surface area contributed by atoms with Crippen molar-refractivity contribution in [3.8, 4) is 23.0 Å². The molecule has 0 saturated carbocycles. The highest BCUT2D eigenvalue weighted by Crippen LogP contribution is 2.19. The van der Waals surface area contributed by atoms with Crippen molar-refractivity contribution < 1.29 is 57.0 Å². The van der Waals surface area contributed by atoms with E-state index in [2.05, 4.69) is 0 Å². The SMILES string of the molecule is COc1ccc(CN(Cc2ccc(OC)cc2)C(=O)OCOCOCN(C)COCOCOC(=O)N(Cc2ccc(OC)cc2)Cc2ccc(OC)cc2)cc1. The molecule has 56 heavy (non-hydrogen) atoms. The summed E-state index contributed by atoms with van der Waals surface area (Å²) in [5, 5.41) is 0. The Hall–Kier alpha value is -5.58. The van der Waals surface area contributed by atoms with Crippen LogP contribution in [0.1, 0.15) is 22.3 Å². The number of amides is 2. The first kappa shape index (κ1) is 43.2. The lowest BCUT2D eigenvalue weighted by molar-refractivity contribution is -0.161. The van der Waals surface area contributed by atoms with Gasteiger partial charge in [0.15, 0.2) is 27.2 Å². The molecule has 2 amide bonds. The first-order valence-corrected chi connectivity index (χ1v) is 17.6. The van der Waals surface area contributed by atoms with E-state index in [0.29, 0.717) is 26.2 Å². The van der Waals surface area contributed by atoms with Crippen LogP contribution in [0.5, 0.6) is 23.0 Å². The molecule has 0 spiro atoms. The summed E-state index contributed by atoms with van der Waals surface area (Å²) >= 11 is 0. The van der Waals surface area contributed by atoms with E-state index in [-0.39, 0.29) is 40.6 Å². The Morgan fingerprint density at radius 1 is 0.411 bits per heavy atom. The first-order chi connectivity index (χ1) is 27.3. The van der Waals surface area contributed by atoms with Crippen molar-refractivity contribution in [1.29, 1.82) is 0 Å². The molecular weight excluding hydrogens is 726 g/mol. The van der Waals surface area contributed by atoms with E-state index in [9.17, 15) is 9.59 Å². The molecule has 0 fully saturated rings. The molecule has 0 heterocycles. The molecule has 0 radical (unpaired) electrons. The highest BCUT2D eigenvalue weighted by molar-refractivity contribution is 5.68. The molecule has 0 aromatic heterocycles. The topological polar surface area (TPSA) is 136 Å². The van der Waals surface area contributed by atoms with Crippen LogP contribution in [0, 0.1) is 0 Å². The van der Waals surface area contributed by atoms with E-state index >= 15 is 0 Å². The van der Waals surface area contributed by atoms with Crippen molar-refractivity contribution in [1.82, 2.24) is 14.7 Å². The Bertz CT molecular complexity index is 1480. The fraction of sp³-hybridized carbons (Fsp3) is 0.366. The molecule has 0 aliphatic rings. The van der Waals surface area contributed by atoms with E-state index in [1.165, 1.54) is 0 Å². The number of benzene rings is 4. The van der Waals surface area contributed by atoms with Crippen LogP contribution in [0.4, 0.5) is 9.59 Å². The zero-order valence-corrected chi connectivity index (χ0v) is 32.5. The molecule has 0 aliphatic heterocycles. The van der Waals surface area contributed by atoms with Crippen LogP contribution in [0.25, 0.3) is 0 Å². The van der Waals surface area contributed by atoms with Gasteiger partial charge in [0.2, 0.25) is 0 Å². The summed E-state index contributed by atoms with van der Waals surface area (Å²) in [7, 11) is 8.17. The molecular formula is C41H51N3O12. The molecule has 0 aliphatic carbocycles. The minimum absolute atomic E-state index is 0.120. The van der Waals surface area contributed by atoms with E-state index in [1.807, 2.05) is 97.1 Å². The van der Waals surface area contributed by atoms with Gasteiger partial charge in [-0.2, -0.15) is 0 Å². The van der Waals surface area contributed by atoms with Crippen molar-refractivity contribution in [2.75, 3.05) is 76.1 Å². The van der Waals surface area contributed by atoms with Gasteiger partial charge in [0.1, 0.15) is 36.5 Å². The molecule has 4 aromatic carbocycles. The molecule has 0 N–H and O–H groups in total. The quantitative estimate of drug-likeness (QED) is 0.0571. The van der Waals surface area contributed by atoms with E-state index in [0.717, 1.165) is 45.3 Å². The van der Waals surface area contributed by atoms with Gasteiger partial charge in [0.25, 0.3) is 0 Å². The summed E-state index contributed by atoms with van der Waals surface area (Å²) in [5.41, 5.74) is 3.63. The highest BCUT2D eigenvalue weighted by Gasteiger charge is 2.18. The molecule has 0 unspecified atom stereocenters. The van der Waals surface area contributed by atoms with Crippen LogP contribution in [0.15, 0.2) is 97.1 Å². The lowest BCUT2D eigenvalue weighted by atomic mass is 10.1. The van der Waals surface area contributed by atoms with Gasteiger partial charge >= 0.3 is 12.2 Å². The van der Waals surface area contributed by atoms with Gasteiger partial charge in [0, 0.05) is 26.2 Å². The standard InChI is InChI=1S/C41H51N3O12/c1-42(26-51-28-53-30-55-40(45)43(22-32-6-14-36(47-2)15-7-32)23-33-8-16-37(48-3)17-9-33)27-52-29-54-31-56-41(46)44(24-34-10-18-38(49-4)19-11-34)25-35-12-20-39(50-5)21-13-35/h6-21H,22-31H2,1-5H3. The Morgan fingerprint density at radius 3 is 0.929 bits per heavy atom. The van der Waals surface area contributed by atoms with Crippen molar-refractivity contribution in [3.63, 3.8) is 0 Å². The fourth-order valence-electron chi connectivity index (χ4n) is 5.15. The molecule has 15 heteroatoms. The maximum Gasteiger partial charge on any atom is 0.412 e. The lowest BCUT2D eigenvalue weighted by Gasteiger charge is -2.23. The molecule has 0 bridgehead atoms. The summed E-state index contributed by atoms with van der Waals surface area (Å²) < 4.78 is 53.5. The monoisotopic (exact) mass is 777 g/mol. The van der Waals surface area contributed by atoms with Crippen LogP contribution in [0.2, 0.25) is 0 Å². The van der Waals surface area contributed by atoms with Crippen LogP contribution < -0.4 is 18.9 Å². The largest absolute Gasteiger partial charge is 0.497 e. The summed E-state index contributed by atoms with van der Waals surface area (Å²) in [6.07, 6.45) is -1.09. The molecule has 0 saturated heterocycles. The number of carbonyl (C=O) groups excluding carboxylic acids is 2. The Labute approximate surface area is 328 Å². The van der Waals surface area contributed by atoms with E-state index in [1.54, 1.807) is 50.2 Å². The lowest BCUT2D eigenvalue weighted by Crippen LogP contribution is -2.32. The summed E-state index contributed by atoms with van der Waals surface area (Å²) in [5.74, 6) is 2.89. The van der Waals surface area contributed by atoms with Gasteiger partial charge in [-0.05, 0) is 77.8 Å². The number of nitrogens with zero attached hydrogens (tertiary/aromatic N) is 3. The zero-order valence-electron chi connectivity index (χ0n) is 32.5. The number of methoxy groups -OCH3 is 4. The number of rotatable bonds is 24. The maximum absolute atomic E-state index is 13.1. The highest BCUT2D eigenvalue weighted by atomic mass is 16.8. The minimum Gasteiger partial charge on any atom is -0.497 e. The Balaban J connectivity index is 1.11. The normalized spacial score (nSPS) is 10.8. The molecule has 15 nitrogen and oxygen atoms in total. The number of ether oxygens (including phenoxy) is 10. The van der Waals surface area contributed by atoms with Gasteiger partial charge in [-0.25, -0.2) is 9.59 Å². The zero-order chi connectivity index (χ0) is 40.0. The van der Waals surface area contributed by atoms with Gasteiger partial charge in [0.05, 0.1) is 28.4 Å². The van der Waals surface area contributed by atoms with Crippen LogP contribution in [-0.2, 0) is 54.6 Å². The fourth-order valence-corrected chi connectivity index (χ4v) is 5.15. The van der Waals surface area contributed by atoms with Crippen LogP contribution >= 0.6 is 0 Å². The molecule has 4 aromatic rings. The predicted octanol–water partition coefficient (Wildman–Crippen LogP) is 6.44. The Kier molecular flexibility index (Phi) is 18.5. The second-order valence-corrected chi connectivity index (χ2v) is 12.3. The smallest absolute Gasteiger partial charge is 0.412 e. The van der Waals surface area contributed by atoms with Crippen molar-refractivity contribution in [3.05, 3.63) is 119 Å². The third-order valence-electron chi connectivity index (χ3n) is 8.13. The number of hydrogen-bond donors (Lipinski definition) is 0. The Morgan fingerprint density at radius 2 is 0.679 bits per heavy atom. The van der Waals surface area contributed by atoms with Crippen LogP contribution in [-0.4, -0.2) is 103 Å². The van der Waals surface area contributed by atoms with E-state index < -0.39 is 12.2 Å². The van der Waals surface area contributed by atoms with Gasteiger partial charge in [-0.15, -0.1) is 0 Å². The third kappa shape index (κ3) is 15.3. The summed E-state index contributed by atoms with van der Waals surface area (Å²) in [4.78, 5) is 31.0. The average molecular weight is 778 g/mol. The number of carbonyl (C=O) groups is 2. The van der Waals surface area contributed by atoms with Gasteiger partial charge < -0.3 is 47.4 Å². The second-order valence-electron chi connectivity index (χ2n) is 12.3. The third-order valence-corrected chi connectivity index (χ3v) is 8.13. The van der Waals surface area contributed by atoms with Crippen molar-refractivity contribution in [2.24, 2.45) is 0 Å². The predicted molar refractivity (Wildman–Crippen MR) is 205 cm³/mol. The van der Waals surface area contributed by atoms with Gasteiger partial charge in [-0.3, -0.25) is 14.7 Å². The van der Waals surface area contributed by atoms with E-state index in [4.69, 9.17) is 47.4 Å². The summed E-state index contributed by atoms with van der Waals surface area (Å²) in [6.45, 7) is 0.744. The molecule has 302 valence electrons. The minimum atomic E-state index is -0.546. The van der Waals surface area contributed by atoms with Crippen molar-refractivity contribution >= 4 is 12.2 Å². The molecule has 4 rings (SSSR count). The maximum atomic E-state index is 13.1.